The SMILES string of the molecule is CC1c2[nH]c3ccccc3c2C[C@H]2C(=O)N(CCCN(C)C)CC(=O)N12. The Morgan fingerprint density at radius 2 is 2.00 bits per heavy atom. The molecule has 0 bridgehead atoms. The first-order valence-electron chi connectivity index (χ1n) is 9.31. The zero-order valence-corrected chi connectivity index (χ0v) is 15.7. The molecular formula is C20H26N4O2. The van der Waals surface area contributed by atoms with Gasteiger partial charge in [-0.05, 0) is 45.6 Å². The van der Waals surface area contributed by atoms with Crippen LogP contribution in [0.15, 0.2) is 24.3 Å². The molecule has 1 saturated heterocycles. The van der Waals surface area contributed by atoms with Gasteiger partial charge in [-0.1, -0.05) is 18.2 Å². The Hall–Kier alpha value is -2.34. The van der Waals surface area contributed by atoms with Crippen molar-refractivity contribution < 1.29 is 9.59 Å². The number of para-hydroxylation sites is 1. The number of amides is 2. The molecule has 0 spiro atoms. The number of hydrogen-bond acceptors (Lipinski definition) is 3. The summed E-state index contributed by atoms with van der Waals surface area (Å²) >= 11 is 0. The number of rotatable bonds is 4. The number of carbonyl (C=O) groups is 2. The highest BCUT2D eigenvalue weighted by atomic mass is 16.2. The molecule has 2 atom stereocenters. The van der Waals surface area contributed by atoms with E-state index in [9.17, 15) is 9.59 Å². The Balaban J connectivity index is 1.63. The number of aromatic nitrogens is 1. The number of nitrogens with zero attached hydrogens (tertiary/aromatic N) is 3. The van der Waals surface area contributed by atoms with Crippen LogP contribution in [0.5, 0.6) is 0 Å². The number of benzene rings is 1. The maximum absolute atomic E-state index is 13.1. The molecule has 1 aromatic carbocycles. The van der Waals surface area contributed by atoms with Crippen LogP contribution >= 0.6 is 0 Å². The molecule has 1 aromatic heterocycles. The van der Waals surface area contributed by atoms with Crippen LogP contribution in [0.25, 0.3) is 10.9 Å². The minimum absolute atomic E-state index is 0.0521. The van der Waals surface area contributed by atoms with Crippen molar-refractivity contribution in [2.45, 2.75) is 31.8 Å². The highest BCUT2D eigenvalue weighted by Gasteiger charge is 2.45. The quantitative estimate of drug-likeness (QED) is 0.910. The van der Waals surface area contributed by atoms with Gasteiger partial charge in [0, 0.05) is 29.6 Å². The lowest BCUT2D eigenvalue weighted by molar-refractivity contribution is -0.159. The highest BCUT2D eigenvalue weighted by Crippen LogP contribution is 2.38. The summed E-state index contributed by atoms with van der Waals surface area (Å²) in [6.07, 6.45) is 1.48. The van der Waals surface area contributed by atoms with Crippen molar-refractivity contribution in [1.82, 2.24) is 19.7 Å². The van der Waals surface area contributed by atoms with Crippen LogP contribution in [-0.4, -0.2) is 71.3 Å². The molecule has 138 valence electrons. The Morgan fingerprint density at radius 1 is 1.23 bits per heavy atom. The predicted octanol–water partition coefficient (Wildman–Crippen LogP) is 1.78. The molecule has 3 heterocycles. The summed E-state index contributed by atoms with van der Waals surface area (Å²) in [7, 11) is 4.04. The zero-order valence-electron chi connectivity index (χ0n) is 15.7. The van der Waals surface area contributed by atoms with Crippen LogP contribution in [0.1, 0.15) is 30.6 Å². The summed E-state index contributed by atoms with van der Waals surface area (Å²) < 4.78 is 0. The third-order valence-corrected chi connectivity index (χ3v) is 5.66. The number of aromatic amines is 1. The summed E-state index contributed by atoms with van der Waals surface area (Å²) in [6.45, 7) is 3.77. The molecule has 2 aromatic rings. The van der Waals surface area contributed by atoms with Crippen LogP contribution in [0, 0.1) is 0 Å². The summed E-state index contributed by atoms with van der Waals surface area (Å²) in [4.78, 5) is 35.0. The van der Waals surface area contributed by atoms with Gasteiger partial charge in [0.15, 0.2) is 0 Å². The van der Waals surface area contributed by atoms with Crippen molar-refractivity contribution in [3.8, 4) is 0 Å². The maximum Gasteiger partial charge on any atom is 0.246 e. The lowest BCUT2D eigenvalue weighted by atomic mass is 9.90. The third-order valence-electron chi connectivity index (χ3n) is 5.66. The van der Waals surface area contributed by atoms with E-state index in [1.165, 1.54) is 10.9 Å². The Labute approximate surface area is 153 Å². The van der Waals surface area contributed by atoms with Crippen molar-refractivity contribution in [3.63, 3.8) is 0 Å². The van der Waals surface area contributed by atoms with Crippen LogP contribution in [0.3, 0.4) is 0 Å². The van der Waals surface area contributed by atoms with Gasteiger partial charge in [0.25, 0.3) is 0 Å². The van der Waals surface area contributed by atoms with Gasteiger partial charge < -0.3 is 19.7 Å². The Kier molecular flexibility index (Phi) is 4.23. The summed E-state index contributed by atoms with van der Waals surface area (Å²) in [5.74, 6) is 0.141. The predicted molar refractivity (Wildman–Crippen MR) is 101 cm³/mol. The fraction of sp³-hybridized carbons (Fsp3) is 0.500. The van der Waals surface area contributed by atoms with Gasteiger partial charge in [0.2, 0.25) is 11.8 Å². The maximum atomic E-state index is 13.1. The average molecular weight is 354 g/mol. The first-order chi connectivity index (χ1) is 12.5. The normalized spacial score (nSPS) is 22.9. The van der Waals surface area contributed by atoms with Gasteiger partial charge in [0.05, 0.1) is 12.6 Å². The second-order valence-corrected chi connectivity index (χ2v) is 7.68. The number of carbonyl (C=O) groups excluding carboxylic acids is 2. The molecule has 1 unspecified atom stereocenters. The molecule has 0 saturated carbocycles. The third kappa shape index (κ3) is 2.69. The lowest BCUT2D eigenvalue weighted by Crippen LogP contribution is -2.62. The zero-order chi connectivity index (χ0) is 18.4. The van der Waals surface area contributed by atoms with E-state index >= 15 is 0 Å². The molecule has 26 heavy (non-hydrogen) atoms. The molecule has 0 aliphatic carbocycles. The van der Waals surface area contributed by atoms with Gasteiger partial charge in [-0.2, -0.15) is 0 Å². The number of hydrogen-bond donors (Lipinski definition) is 1. The minimum Gasteiger partial charge on any atom is -0.356 e. The first-order valence-corrected chi connectivity index (χ1v) is 9.31. The Bertz CT molecular complexity index is 857. The van der Waals surface area contributed by atoms with Gasteiger partial charge in [-0.3, -0.25) is 9.59 Å². The van der Waals surface area contributed by atoms with E-state index in [4.69, 9.17) is 0 Å². The first kappa shape index (κ1) is 17.1. The summed E-state index contributed by atoms with van der Waals surface area (Å²) in [5, 5.41) is 1.17. The van der Waals surface area contributed by atoms with Crippen LogP contribution in [-0.2, 0) is 16.0 Å². The van der Waals surface area contributed by atoms with E-state index in [0.29, 0.717) is 13.0 Å². The number of H-pyrrole nitrogens is 1. The highest BCUT2D eigenvalue weighted by molar-refractivity contribution is 5.97. The standard InChI is InChI=1S/C20H26N4O2/c1-13-19-15(14-7-4-5-8-16(14)21-19)11-17-20(26)23(10-6-9-22(2)3)12-18(25)24(13)17/h4-5,7-8,13,17,21H,6,9-12H2,1-3H3/t13?,17-/m0/s1. The van der Waals surface area contributed by atoms with E-state index in [1.807, 2.05) is 33.2 Å². The molecule has 2 aliphatic heterocycles. The lowest BCUT2D eigenvalue weighted by Gasteiger charge is -2.46. The molecule has 6 nitrogen and oxygen atoms in total. The minimum atomic E-state index is -0.377. The van der Waals surface area contributed by atoms with Crippen LogP contribution < -0.4 is 0 Å². The molecule has 2 amide bonds. The smallest absolute Gasteiger partial charge is 0.246 e. The molecule has 1 N–H and O–H groups in total. The van der Waals surface area contributed by atoms with E-state index in [-0.39, 0.29) is 30.4 Å². The molecular weight excluding hydrogens is 328 g/mol. The summed E-state index contributed by atoms with van der Waals surface area (Å²) in [5.41, 5.74) is 3.34. The second-order valence-electron chi connectivity index (χ2n) is 7.68. The molecule has 4 rings (SSSR count). The fourth-order valence-corrected chi connectivity index (χ4v) is 4.39. The largest absolute Gasteiger partial charge is 0.356 e. The van der Waals surface area contributed by atoms with Crippen LogP contribution in [0.4, 0.5) is 0 Å². The van der Waals surface area contributed by atoms with Crippen molar-refractivity contribution in [2.24, 2.45) is 0 Å². The number of piperazine rings is 1. The van der Waals surface area contributed by atoms with Crippen molar-refractivity contribution in [3.05, 3.63) is 35.5 Å². The van der Waals surface area contributed by atoms with Gasteiger partial charge in [-0.15, -0.1) is 0 Å². The van der Waals surface area contributed by atoms with Gasteiger partial charge in [-0.25, -0.2) is 0 Å². The van der Waals surface area contributed by atoms with E-state index in [1.54, 1.807) is 9.80 Å². The topological polar surface area (TPSA) is 59.7 Å². The average Bonchev–Trinajstić information content (AvgIpc) is 2.98. The monoisotopic (exact) mass is 354 g/mol. The van der Waals surface area contributed by atoms with Gasteiger partial charge in [0.1, 0.15) is 6.04 Å². The molecule has 6 heteroatoms. The molecule has 2 aliphatic rings. The fourth-order valence-electron chi connectivity index (χ4n) is 4.39. The van der Waals surface area contributed by atoms with Gasteiger partial charge >= 0.3 is 0 Å². The Morgan fingerprint density at radius 3 is 2.77 bits per heavy atom. The van der Waals surface area contributed by atoms with Crippen molar-refractivity contribution in [2.75, 3.05) is 33.7 Å². The van der Waals surface area contributed by atoms with Crippen LogP contribution in [0.2, 0.25) is 0 Å². The molecule has 1 fully saturated rings. The van der Waals surface area contributed by atoms with E-state index < -0.39 is 0 Å². The van der Waals surface area contributed by atoms with Crippen molar-refractivity contribution >= 4 is 22.7 Å². The van der Waals surface area contributed by atoms with E-state index in [0.717, 1.165) is 24.2 Å². The number of nitrogens with one attached hydrogen (secondary N) is 1. The number of fused-ring (bicyclic) bond motifs is 4. The van der Waals surface area contributed by atoms with E-state index in [2.05, 4.69) is 22.0 Å². The second kappa shape index (κ2) is 6.43. The molecule has 0 radical (unpaired) electrons. The van der Waals surface area contributed by atoms with Crippen molar-refractivity contribution in [1.29, 1.82) is 0 Å². The summed E-state index contributed by atoms with van der Waals surface area (Å²) in [6, 6.07) is 7.70.